The standard InChI is InChI=1S/C15H22N2O2/c1-11-14(12(2)19-17-11)9-6-10-16-15(18)13-7-4-3-5-8-13/h3-4,13H,5-10H2,1-2H3,(H,16,18). The molecule has 1 amide bonds. The number of carbonyl (C=O) groups excluding carboxylic acids is 1. The first kappa shape index (κ1) is 13.8. The summed E-state index contributed by atoms with van der Waals surface area (Å²) in [6, 6.07) is 0. The molecule has 1 aliphatic carbocycles. The number of aryl methyl sites for hydroxylation is 2. The maximum atomic E-state index is 11.9. The summed E-state index contributed by atoms with van der Waals surface area (Å²) in [6.45, 7) is 4.62. The van der Waals surface area contributed by atoms with Crippen LogP contribution in [0.5, 0.6) is 0 Å². The number of aromatic nitrogens is 1. The van der Waals surface area contributed by atoms with Gasteiger partial charge in [0, 0.05) is 18.0 Å². The third kappa shape index (κ3) is 3.69. The molecule has 4 heteroatoms. The van der Waals surface area contributed by atoms with Crippen molar-refractivity contribution in [2.75, 3.05) is 6.54 Å². The first-order chi connectivity index (χ1) is 9.18. The number of nitrogens with one attached hydrogen (secondary N) is 1. The van der Waals surface area contributed by atoms with Gasteiger partial charge in [-0.05, 0) is 46.0 Å². The van der Waals surface area contributed by atoms with Crippen molar-refractivity contribution >= 4 is 5.91 Å². The third-order valence-corrected chi connectivity index (χ3v) is 3.72. The summed E-state index contributed by atoms with van der Waals surface area (Å²) in [4.78, 5) is 11.9. The smallest absolute Gasteiger partial charge is 0.223 e. The Hall–Kier alpha value is -1.58. The van der Waals surface area contributed by atoms with Crippen molar-refractivity contribution in [3.05, 3.63) is 29.2 Å². The number of rotatable bonds is 5. The van der Waals surface area contributed by atoms with Crippen LogP contribution in [0, 0.1) is 19.8 Å². The Labute approximate surface area is 114 Å². The molecular weight excluding hydrogens is 240 g/mol. The minimum Gasteiger partial charge on any atom is -0.361 e. The van der Waals surface area contributed by atoms with Gasteiger partial charge in [-0.15, -0.1) is 0 Å². The zero-order valence-corrected chi connectivity index (χ0v) is 11.7. The highest BCUT2D eigenvalue weighted by Crippen LogP contribution is 2.18. The highest BCUT2D eigenvalue weighted by atomic mass is 16.5. The van der Waals surface area contributed by atoms with Gasteiger partial charge in [-0.25, -0.2) is 0 Å². The first-order valence-electron chi connectivity index (χ1n) is 7.03. The molecule has 1 atom stereocenters. The van der Waals surface area contributed by atoms with Crippen molar-refractivity contribution in [2.24, 2.45) is 5.92 Å². The summed E-state index contributed by atoms with van der Waals surface area (Å²) in [5, 5.41) is 6.96. The maximum Gasteiger partial charge on any atom is 0.223 e. The minimum atomic E-state index is 0.170. The van der Waals surface area contributed by atoms with Gasteiger partial charge in [-0.2, -0.15) is 0 Å². The zero-order valence-electron chi connectivity index (χ0n) is 11.7. The molecule has 1 unspecified atom stereocenters. The van der Waals surface area contributed by atoms with E-state index in [0.29, 0.717) is 0 Å². The van der Waals surface area contributed by atoms with Crippen LogP contribution in [0.25, 0.3) is 0 Å². The molecule has 2 rings (SSSR count). The van der Waals surface area contributed by atoms with E-state index in [9.17, 15) is 4.79 Å². The molecule has 0 fully saturated rings. The molecule has 1 aliphatic rings. The first-order valence-corrected chi connectivity index (χ1v) is 7.03. The Bertz CT molecular complexity index is 443. The number of carbonyl (C=O) groups is 1. The average Bonchev–Trinajstić information content (AvgIpc) is 2.75. The second kappa shape index (κ2) is 6.55. The topological polar surface area (TPSA) is 55.1 Å². The highest BCUT2D eigenvalue weighted by molar-refractivity contribution is 5.78. The van der Waals surface area contributed by atoms with Gasteiger partial charge in [-0.3, -0.25) is 4.79 Å². The van der Waals surface area contributed by atoms with Gasteiger partial charge in [0.2, 0.25) is 5.91 Å². The molecule has 4 nitrogen and oxygen atoms in total. The van der Waals surface area contributed by atoms with Crippen molar-refractivity contribution in [3.63, 3.8) is 0 Å². The maximum absolute atomic E-state index is 11.9. The van der Waals surface area contributed by atoms with E-state index < -0.39 is 0 Å². The van der Waals surface area contributed by atoms with E-state index in [1.807, 2.05) is 13.8 Å². The Balaban J connectivity index is 1.69. The van der Waals surface area contributed by atoms with Crippen LogP contribution in [0.2, 0.25) is 0 Å². The van der Waals surface area contributed by atoms with E-state index in [0.717, 1.165) is 50.1 Å². The Morgan fingerprint density at radius 2 is 2.32 bits per heavy atom. The molecule has 1 aromatic heterocycles. The molecule has 0 saturated carbocycles. The van der Waals surface area contributed by atoms with Gasteiger partial charge in [0.1, 0.15) is 5.76 Å². The van der Waals surface area contributed by atoms with Gasteiger partial charge >= 0.3 is 0 Å². The molecular formula is C15H22N2O2. The van der Waals surface area contributed by atoms with E-state index in [1.54, 1.807) is 0 Å². The second-order valence-electron chi connectivity index (χ2n) is 5.18. The Morgan fingerprint density at radius 1 is 1.47 bits per heavy atom. The normalized spacial score (nSPS) is 18.5. The third-order valence-electron chi connectivity index (χ3n) is 3.72. The lowest BCUT2D eigenvalue weighted by molar-refractivity contribution is -0.125. The number of hydrogen-bond acceptors (Lipinski definition) is 3. The molecule has 0 radical (unpaired) electrons. The van der Waals surface area contributed by atoms with Crippen LogP contribution in [-0.4, -0.2) is 17.6 Å². The fourth-order valence-electron chi connectivity index (χ4n) is 2.51. The lowest BCUT2D eigenvalue weighted by atomic mass is 9.93. The van der Waals surface area contributed by atoms with E-state index >= 15 is 0 Å². The Kier molecular flexibility index (Phi) is 4.77. The summed E-state index contributed by atoms with van der Waals surface area (Å²) in [6.07, 6.45) is 8.99. The largest absolute Gasteiger partial charge is 0.361 e. The van der Waals surface area contributed by atoms with Gasteiger partial charge in [0.15, 0.2) is 0 Å². The lowest BCUT2D eigenvalue weighted by Gasteiger charge is -2.17. The van der Waals surface area contributed by atoms with Gasteiger partial charge in [0.05, 0.1) is 5.69 Å². The number of allylic oxidation sites excluding steroid dienone is 2. The number of hydrogen-bond donors (Lipinski definition) is 1. The second-order valence-corrected chi connectivity index (χ2v) is 5.18. The molecule has 0 spiro atoms. The van der Waals surface area contributed by atoms with Crippen LogP contribution in [0.15, 0.2) is 16.7 Å². The molecule has 0 bridgehead atoms. The minimum absolute atomic E-state index is 0.170. The molecule has 1 heterocycles. The molecule has 0 saturated heterocycles. The molecule has 104 valence electrons. The zero-order chi connectivity index (χ0) is 13.7. The SMILES string of the molecule is Cc1noc(C)c1CCCNC(=O)C1CC=CCC1. The quantitative estimate of drug-likeness (QED) is 0.655. The van der Waals surface area contributed by atoms with Crippen molar-refractivity contribution in [2.45, 2.75) is 46.0 Å². The highest BCUT2D eigenvalue weighted by Gasteiger charge is 2.18. The van der Waals surface area contributed by atoms with Crippen LogP contribution in [0.4, 0.5) is 0 Å². The molecule has 0 aromatic carbocycles. The van der Waals surface area contributed by atoms with Crippen LogP contribution in [0.3, 0.4) is 0 Å². The molecule has 1 aromatic rings. The van der Waals surface area contributed by atoms with Gasteiger partial charge < -0.3 is 9.84 Å². The Morgan fingerprint density at radius 3 is 2.95 bits per heavy atom. The monoisotopic (exact) mass is 262 g/mol. The van der Waals surface area contributed by atoms with Crippen LogP contribution >= 0.6 is 0 Å². The molecule has 1 N–H and O–H groups in total. The summed E-state index contributed by atoms with van der Waals surface area (Å²) < 4.78 is 5.12. The lowest BCUT2D eigenvalue weighted by Crippen LogP contribution is -2.32. The van der Waals surface area contributed by atoms with Crippen molar-refractivity contribution in [3.8, 4) is 0 Å². The fourth-order valence-corrected chi connectivity index (χ4v) is 2.51. The van der Waals surface area contributed by atoms with E-state index in [-0.39, 0.29) is 11.8 Å². The van der Waals surface area contributed by atoms with Crippen molar-refractivity contribution in [1.29, 1.82) is 0 Å². The van der Waals surface area contributed by atoms with E-state index in [1.165, 1.54) is 5.56 Å². The molecule has 0 aliphatic heterocycles. The fraction of sp³-hybridized carbons (Fsp3) is 0.600. The van der Waals surface area contributed by atoms with Crippen LogP contribution < -0.4 is 5.32 Å². The molecule has 19 heavy (non-hydrogen) atoms. The summed E-state index contributed by atoms with van der Waals surface area (Å²) in [5.74, 6) is 1.26. The van der Waals surface area contributed by atoms with Crippen molar-refractivity contribution < 1.29 is 9.32 Å². The van der Waals surface area contributed by atoms with Gasteiger partial charge in [-0.1, -0.05) is 17.3 Å². The summed E-state index contributed by atoms with van der Waals surface area (Å²) >= 11 is 0. The van der Waals surface area contributed by atoms with Crippen LogP contribution in [-0.2, 0) is 11.2 Å². The summed E-state index contributed by atoms with van der Waals surface area (Å²) in [7, 11) is 0. The van der Waals surface area contributed by atoms with E-state index in [2.05, 4.69) is 22.6 Å². The van der Waals surface area contributed by atoms with Gasteiger partial charge in [0.25, 0.3) is 0 Å². The van der Waals surface area contributed by atoms with E-state index in [4.69, 9.17) is 4.52 Å². The number of nitrogens with zero attached hydrogens (tertiary/aromatic N) is 1. The van der Waals surface area contributed by atoms with Crippen LogP contribution in [0.1, 0.15) is 42.7 Å². The number of amides is 1. The van der Waals surface area contributed by atoms with Crippen molar-refractivity contribution in [1.82, 2.24) is 10.5 Å². The average molecular weight is 262 g/mol. The summed E-state index contributed by atoms with van der Waals surface area (Å²) in [5.41, 5.74) is 2.14. The predicted octanol–water partition coefficient (Wildman–Crippen LogP) is 2.70. The predicted molar refractivity (Wildman–Crippen MR) is 73.8 cm³/mol.